The van der Waals surface area contributed by atoms with Crippen LogP contribution in [0, 0.1) is 7.14 Å². The second-order valence-corrected chi connectivity index (χ2v) is 6.37. The Morgan fingerprint density at radius 1 is 1.00 bits per heavy atom. The van der Waals surface area contributed by atoms with Gasteiger partial charge in [0.2, 0.25) is 0 Å². The van der Waals surface area contributed by atoms with E-state index in [1.165, 1.54) is 0 Å². The van der Waals surface area contributed by atoms with Crippen LogP contribution in [0.2, 0.25) is 0 Å². The summed E-state index contributed by atoms with van der Waals surface area (Å²) in [5.74, 6) is 1.67. The van der Waals surface area contributed by atoms with E-state index in [1.54, 1.807) is 14.2 Å². The Kier molecular flexibility index (Phi) is 5.64. The molecule has 5 heteroatoms. The molecule has 3 nitrogen and oxygen atoms in total. The molecule has 0 atom stereocenters. The van der Waals surface area contributed by atoms with Crippen LogP contribution >= 0.6 is 45.2 Å². The average Bonchev–Trinajstić information content (AvgIpc) is 2.45. The molecule has 2 aromatic rings. The lowest BCUT2D eigenvalue weighted by molar-refractivity contribution is 0.411. The lowest BCUT2D eigenvalue weighted by Crippen LogP contribution is -1.95. The Balaban J connectivity index is 2.30. The summed E-state index contributed by atoms with van der Waals surface area (Å²) in [6.45, 7) is 0. The fourth-order valence-electron chi connectivity index (χ4n) is 1.70. The lowest BCUT2D eigenvalue weighted by atomic mass is 10.2. The van der Waals surface area contributed by atoms with Crippen molar-refractivity contribution < 1.29 is 9.47 Å². The SMILES string of the molecule is COc1ccc(N=Cc2cc(I)cc(I)c2OC)cc1. The zero-order chi connectivity index (χ0) is 14.5. The van der Waals surface area contributed by atoms with Gasteiger partial charge in [-0.25, -0.2) is 0 Å². The molecule has 0 spiro atoms. The van der Waals surface area contributed by atoms with Gasteiger partial charge >= 0.3 is 0 Å². The highest BCUT2D eigenvalue weighted by atomic mass is 127. The molecule has 104 valence electrons. The molecule has 0 saturated carbocycles. The highest BCUT2D eigenvalue weighted by molar-refractivity contribution is 14.1. The van der Waals surface area contributed by atoms with Crippen molar-refractivity contribution in [2.75, 3.05) is 14.2 Å². The fraction of sp³-hybridized carbons (Fsp3) is 0.133. The number of aliphatic imine (C=N–C) groups is 1. The summed E-state index contributed by atoms with van der Waals surface area (Å²) in [6, 6.07) is 11.7. The topological polar surface area (TPSA) is 30.8 Å². The summed E-state index contributed by atoms with van der Waals surface area (Å²) in [5.41, 5.74) is 1.85. The number of nitrogens with zero attached hydrogens (tertiary/aromatic N) is 1. The van der Waals surface area contributed by atoms with Crippen molar-refractivity contribution >= 4 is 57.1 Å². The van der Waals surface area contributed by atoms with Crippen LogP contribution in [-0.4, -0.2) is 20.4 Å². The Morgan fingerprint density at radius 2 is 1.70 bits per heavy atom. The van der Waals surface area contributed by atoms with E-state index < -0.39 is 0 Å². The Hall–Kier alpha value is -0.830. The molecule has 0 unspecified atom stereocenters. The highest BCUT2D eigenvalue weighted by Gasteiger charge is 2.07. The summed E-state index contributed by atoms with van der Waals surface area (Å²) in [7, 11) is 3.33. The third kappa shape index (κ3) is 3.85. The quantitative estimate of drug-likeness (QED) is 0.459. The predicted octanol–water partition coefficient (Wildman–Crippen LogP) is 4.66. The molecule has 0 bridgehead atoms. The van der Waals surface area contributed by atoms with Gasteiger partial charge in [-0.3, -0.25) is 4.99 Å². The van der Waals surface area contributed by atoms with E-state index in [-0.39, 0.29) is 0 Å². The molecule has 2 rings (SSSR count). The molecular weight excluding hydrogens is 480 g/mol. The van der Waals surface area contributed by atoms with Crippen molar-refractivity contribution in [3.63, 3.8) is 0 Å². The van der Waals surface area contributed by atoms with Crippen molar-refractivity contribution in [3.05, 3.63) is 49.1 Å². The number of methoxy groups -OCH3 is 2. The van der Waals surface area contributed by atoms with Gasteiger partial charge in [-0.2, -0.15) is 0 Å². The molecule has 0 aromatic heterocycles. The van der Waals surface area contributed by atoms with Crippen LogP contribution in [-0.2, 0) is 0 Å². The third-order valence-corrected chi connectivity index (χ3v) is 4.09. The van der Waals surface area contributed by atoms with Crippen LogP contribution in [0.25, 0.3) is 0 Å². The number of halogens is 2. The van der Waals surface area contributed by atoms with Gasteiger partial charge < -0.3 is 9.47 Å². The number of hydrogen-bond donors (Lipinski definition) is 0. The molecule has 0 saturated heterocycles. The molecule has 0 aliphatic carbocycles. The maximum atomic E-state index is 5.43. The van der Waals surface area contributed by atoms with Crippen LogP contribution in [0.3, 0.4) is 0 Å². The minimum absolute atomic E-state index is 0.824. The van der Waals surface area contributed by atoms with Crippen molar-refractivity contribution in [1.82, 2.24) is 0 Å². The zero-order valence-corrected chi connectivity index (χ0v) is 15.4. The second kappa shape index (κ2) is 7.26. The summed E-state index contributed by atoms with van der Waals surface area (Å²) in [6.07, 6.45) is 1.82. The molecule has 0 radical (unpaired) electrons. The van der Waals surface area contributed by atoms with Gasteiger partial charge in [0, 0.05) is 15.3 Å². The van der Waals surface area contributed by atoms with Gasteiger partial charge in [-0.05, 0) is 81.6 Å². The summed E-state index contributed by atoms with van der Waals surface area (Å²) in [4.78, 5) is 4.48. The maximum Gasteiger partial charge on any atom is 0.141 e. The van der Waals surface area contributed by atoms with E-state index in [0.29, 0.717) is 0 Å². The Labute approximate surface area is 145 Å². The van der Waals surface area contributed by atoms with Crippen molar-refractivity contribution in [3.8, 4) is 11.5 Å². The minimum Gasteiger partial charge on any atom is -0.497 e. The van der Waals surface area contributed by atoms with Crippen LogP contribution in [0.1, 0.15) is 5.56 Å². The average molecular weight is 493 g/mol. The van der Waals surface area contributed by atoms with Crippen molar-refractivity contribution in [2.24, 2.45) is 4.99 Å². The normalized spacial score (nSPS) is 10.8. The number of rotatable bonds is 4. The summed E-state index contributed by atoms with van der Waals surface area (Å²) >= 11 is 4.56. The van der Waals surface area contributed by atoms with Gasteiger partial charge in [0.25, 0.3) is 0 Å². The monoisotopic (exact) mass is 493 g/mol. The van der Waals surface area contributed by atoms with E-state index in [2.05, 4.69) is 62.3 Å². The van der Waals surface area contributed by atoms with E-state index in [4.69, 9.17) is 9.47 Å². The van der Waals surface area contributed by atoms with Crippen molar-refractivity contribution in [1.29, 1.82) is 0 Å². The largest absolute Gasteiger partial charge is 0.497 e. The van der Waals surface area contributed by atoms with E-state index >= 15 is 0 Å². The van der Waals surface area contributed by atoms with Crippen LogP contribution < -0.4 is 9.47 Å². The summed E-state index contributed by atoms with van der Waals surface area (Å²) in [5, 5.41) is 0. The first-order chi connectivity index (χ1) is 9.63. The van der Waals surface area contributed by atoms with Gasteiger partial charge in [0.15, 0.2) is 0 Å². The number of benzene rings is 2. The third-order valence-electron chi connectivity index (χ3n) is 2.67. The first-order valence-electron chi connectivity index (χ1n) is 5.85. The molecule has 0 aliphatic heterocycles. The maximum absolute atomic E-state index is 5.43. The first kappa shape index (κ1) is 15.6. The van der Waals surface area contributed by atoms with E-state index in [9.17, 15) is 0 Å². The number of hydrogen-bond acceptors (Lipinski definition) is 3. The zero-order valence-electron chi connectivity index (χ0n) is 11.1. The highest BCUT2D eigenvalue weighted by Crippen LogP contribution is 2.27. The Bertz CT molecular complexity index is 625. The molecule has 0 heterocycles. The molecule has 20 heavy (non-hydrogen) atoms. The molecular formula is C15H13I2NO2. The lowest BCUT2D eigenvalue weighted by Gasteiger charge is -2.07. The molecule has 0 fully saturated rings. The smallest absolute Gasteiger partial charge is 0.141 e. The van der Waals surface area contributed by atoms with E-state index in [1.807, 2.05) is 30.5 Å². The van der Waals surface area contributed by atoms with Gasteiger partial charge in [0.05, 0.1) is 23.5 Å². The molecule has 0 amide bonds. The van der Waals surface area contributed by atoms with Crippen LogP contribution in [0.15, 0.2) is 41.4 Å². The number of ether oxygens (including phenoxy) is 2. The standard InChI is InChI=1S/C15H13I2NO2/c1-19-13-5-3-12(4-6-13)18-9-10-7-11(16)8-14(17)15(10)20-2/h3-9H,1-2H3. The Morgan fingerprint density at radius 3 is 2.30 bits per heavy atom. The summed E-state index contributed by atoms with van der Waals surface area (Å²) < 4.78 is 12.8. The van der Waals surface area contributed by atoms with Crippen LogP contribution in [0.4, 0.5) is 5.69 Å². The van der Waals surface area contributed by atoms with Crippen molar-refractivity contribution in [2.45, 2.75) is 0 Å². The van der Waals surface area contributed by atoms with Gasteiger partial charge in [-0.1, -0.05) is 0 Å². The fourth-order valence-corrected chi connectivity index (χ4v) is 3.81. The van der Waals surface area contributed by atoms with E-state index in [0.717, 1.165) is 29.9 Å². The van der Waals surface area contributed by atoms with Gasteiger partial charge in [0.1, 0.15) is 11.5 Å². The van der Waals surface area contributed by atoms with Crippen LogP contribution in [0.5, 0.6) is 11.5 Å². The van der Waals surface area contributed by atoms with Gasteiger partial charge in [-0.15, -0.1) is 0 Å². The second-order valence-electron chi connectivity index (χ2n) is 3.97. The minimum atomic E-state index is 0.824. The first-order valence-corrected chi connectivity index (χ1v) is 8.01. The molecule has 0 N–H and O–H groups in total. The molecule has 2 aromatic carbocycles. The molecule has 0 aliphatic rings. The predicted molar refractivity (Wildman–Crippen MR) is 98.7 cm³/mol.